The molecule has 6 heteroatoms. The van der Waals surface area contributed by atoms with E-state index in [1.54, 1.807) is 12.1 Å². The van der Waals surface area contributed by atoms with E-state index in [0.29, 0.717) is 27.7 Å². The lowest BCUT2D eigenvalue weighted by Gasteiger charge is -2.20. The number of halogens is 3. The van der Waals surface area contributed by atoms with Gasteiger partial charge in [0.05, 0.1) is 16.1 Å². The van der Waals surface area contributed by atoms with Gasteiger partial charge in [0.15, 0.2) is 0 Å². The van der Waals surface area contributed by atoms with Crippen LogP contribution in [0.1, 0.15) is 6.42 Å². The maximum absolute atomic E-state index is 6.15. The maximum Gasteiger partial charge on any atom is 0.201 e. The van der Waals surface area contributed by atoms with Crippen LogP contribution in [0, 0.1) is 0 Å². The number of nitrogens with zero attached hydrogens (tertiary/aromatic N) is 3. The summed E-state index contributed by atoms with van der Waals surface area (Å²) in [5, 5.41) is 1.12. The van der Waals surface area contributed by atoms with Crippen LogP contribution >= 0.6 is 34.8 Å². The van der Waals surface area contributed by atoms with E-state index in [-0.39, 0.29) is 0 Å². The Hall–Kier alpha value is -0.640. The first-order valence-corrected chi connectivity index (χ1v) is 7.36. The van der Waals surface area contributed by atoms with Crippen molar-refractivity contribution in [2.45, 2.75) is 12.5 Å². The lowest BCUT2D eigenvalue weighted by Crippen LogP contribution is -2.31. The summed E-state index contributed by atoms with van der Waals surface area (Å²) < 4.78 is 0. The molecular weight excluding hydrogens is 305 g/mol. The van der Waals surface area contributed by atoms with Crippen molar-refractivity contribution in [1.82, 2.24) is 9.80 Å². The van der Waals surface area contributed by atoms with Gasteiger partial charge in [0.2, 0.25) is 5.96 Å². The second kappa shape index (κ2) is 6.21. The van der Waals surface area contributed by atoms with Gasteiger partial charge < -0.3 is 9.80 Å². The first-order chi connectivity index (χ1) is 9.04. The van der Waals surface area contributed by atoms with Crippen molar-refractivity contribution in [3.8, 4) is 0 Å². The topological polar surface area (TPSA) is 18.8 Å². The largest absolute Gasteiger partial charge is 0.344 e. The zero-order valence-corrected chi connectivity index (χ0v) is 13.2. The normalized spacial score (nSPS) is 21.5. The average molecular weight is 321 g/mol. The van der Waals surface area contributed by atoms with E-state index in [2.05, 4.69) is 14.8 Å². The minimum atomic E-state index is 0.377. The van der Waals surface area contributed by atoms with Crippen molar-refractivity contribution in [3.63, 3.8) is 0 Å². The molecule has 2 rings (SSSR count). The molecule has 1 aliphatic rings. The first-order valence-electron chi connectivity index (χ1n) is 6.07. The minimum absolute atomic E-state index is 0.377. The molecule has 1 fully saturated rings. The Bertz CT molecular complexity index is 470. The van der Waals surface area contributed by atoms with Gasteiger partial charge in [-0.05, 0) is 18.6 Å². The lowest BCUT2D eigenvalue weighted by molar-refractivity contribution is 0.390. The van der Waals surface area contributed by atoms with Crippen molar-refractivity contribution in [2.24, 2.45) is 4.99 Å². The molecule has 0 N–H and O–H groups in total. The number of hydrogen-bond donors (Lipinski definition) is 0. The summed E-state index contributed by atoms with van der Waals surface area (Å²) in [6.07, 6.45) is 0.928. The number of aliphatic imine (C=N–C) groups is 1. The molecule has 0 amide bonds. The molecule has 1 unspecified atom stereocenters. The van der Waals surface area contributed by atoms with E-state index >= 15 is 0 Å². The molecule has 0 aliphatic carbocycles. The van der Waals surface area contributed by atoms with Crippen molar-refractivity contribution in [1.29, 1.82) is 0 Å². The third-order valence-electron chi connectivity index (χ3n) is 3.28. The second-order valence-electron chi connectivity index (χ2n) is 4.60. The van der Waals surface area contributed by atoms with Gasteiger partial charge in [-0.2, -0.15) is 0 Å². The van der Waals surface area contributed by atoms with Gasteiger partial charge in [-0.3, -0.25) is 0 Å². The summed E-state index contributed by atoms with van der Waals surface area (Å²) in [6.45, 7) is 0.907. The SMILES string of the molecule is CN1CC(CCCl)N(C)C1=Nc1c(Cl)cccc1Cl. The van der Waals surface area contributed by atoms with Crippen molar-refractivity contribution < 1.29 is 0 Å². The van der Waals surface area contributed by atoms with Gasteiger partial charge in [0.1, 0.15) is 5.69 Å². The van der Waals surface area contributed by atoms with Crippen molar-refractivity contribution in [2.75, 3.05) is 26.5 Å². The zero-order chi connectivity index (χ0) is 14.0. The van der Waals surface area contributed by atoms with E-state index in [1.807, 2.05) is 20.2 Å². The van der Waals surface area contributed by atoms with E-state index in [0.717, 1.165) is 18.9 Å². The summed E-state index contributed by atoms with van der Waals surface area (Å²) in [5.41, 5.74) is 0.617. The Morgan fingerprint density at radius 3 is 2.47 bits per heavy atom. The smallest absolute Gasteiger partial charge is 0.201 e. The van der Waals surface area contributed by atoms with Crippen LogP contribution in [0.15, 0.2) is 23.2 Å². The predicted molar refractivity (Wildman–Crippen MR) is 83.1 cm³/mol. The van der Waals surface area contributed by atoms with Gasteiger partial charge in [-0.1, -0.05) is 29.3 Å². The molecule has 1 aromatic rings. The predicted octanol–water partition coefficient (Wildman–Crippen LogP) is 3.86. The van der Waals surface area contributed by atoms with Crippen LogP contribution in [-0.2, 0) is 0 Å². The van der Waals surface area contributed by atoms with Crippen LogP contribution in [0.2, 0.25) is 10.0 Å². The highest BCUT2D eigenvalue weighted by atomic mass is 35.5. The van der Waals surface area contributed by atoms with E-state index in [1.165, 1.54) is 0 Å². The molecule has 1 aliphatic heterocycles. The Kier molecular flexibility index (Phi) is 4.82. The molecule has 3 nitrogen and oxygen atoms in total. The highest BCUT2D eigenvalue weighted by molar-refractivity contribution is 6.38. The second-order valence-corrected chi connectivity index (χ2v) is 5.80. The molecule has 0 aromatic heterocycles. The summed E-state index contributed by atoms with van der Waals surface area (Å²) in [7, 11) is 4.03. The number of benzene rings is 1. The molecule has 0 radical (unpaired) electrons. The number of hydrogen-bond acceptors (Lipinski definition) is 1. The Balaban J connectivity index is 2.33. The molecule has 19 heavy (non-hydrogen) atoms. The Morgan fingerprint density at radius 2 is 1.89 bits per heavy atom. The van der Waals surface area contributed by atoms with Crippen LogP contribution < -0.4 is 0 Å². The third kappa shape index (κ3) is 3.10. The van der Waals surface area contributed by atoms with Crippen LogP contribution in [0.25, 0.3) is 0 Å². The van der Waals surface area contributed by atoms with Crippen LogP contribution in [-0.4, -0.2) is 48.3 Å². The number of likely N-dealkylation sites (N-methyl/N-ethyl adjacent to an activating group) is 2. The quantitative estimate of drug-likeness (QED) is 0.788. The molecular formula is C13H16Cl3N3. The molecule has 1 saturated heterocycles. The Labute approximate surface area is 128 Å². The number of para-hydroxylation sites is 1. The first kappa shape index (κ1) is 14.8. The highest BCUT2D eigenvalue weighted by Crippen LogP contribution is 2.33. The highest BCUT2D eigenvalue weighted by Gasteiger charge is 2.30. The Morgan fingerprint density at radius 1 is 1.26 bits per heavy atom. The lowest BCUT2D eigenvalue weighted by atomic mass is 10.2. The van der Waals surface area contributed by atoms with Crippen LogP contribution in [0.5, 0.6) is 0 Å². The third-order valence-corrected chi connectivity index (χ3v) is 4.11. The van der Waals surface area contributed by atoms with Gasteiger partial charge in [-0.15, -0.1) is 11.6 Å². The van der Waals surface area contributed by atoms with Gasteiger partial charge in [-0.25, -0.2) is 4.99 Å². The fourth-order valence-corrected chi connectivity index (χ4v) is 2.96. The van der Waals surface area contributed by atoms with E-state index < -0.39 is 0 Å². The average Bonchev–Trinajstić information content (AvgIpc) is 2.61. The van der Waals surface area contributed by atoms with E-state index in [9.17, 15) is 0 Å². The standard InChI is InChI=1S/C13H16Cl3N3/c1-18-8-9(6-7-14)19(2)13(18)17-12-10(15)4-3-5-11(12)16/h3-5,9H,6-8H2,1-2H3. The van der Waals surface area contributed by atoms with Gasteiger partial charge in [0, 0.05) is 26.5 Å². The van der Waals surface area contributed by atoms with Crippen LogP contribution in [0.3, 0.4) is 0 Å². The number of alkyl halides is 1. The zero-order valence-electron chi connectivity index (χ0n) is 10.9. The molecule has 0 saturated carbocycles. The van der Waals surface area contributed by atoms with Crippen LogP contribution in [0.4, 0.5) is 5.69 Å². The molecule has 1 atom stereocenters. The maximum atomic E-state index is 6.15. The molecule has 0 spiro atoms. The van der Waals surface area contributed by atoms with E-state index in [4.69, 9.17) is 34.8 Å². The molecule has 104 valence electrons. The fourth-order valence-electron chi connectivity index (χ4n) is 2.22. The number of guanidine groups is 1. The van der Waals surface area contributed by atoms with Crippen molar-refractivity contribution >= 4 is 46.4 Å². The van der Waals surface area contributed by atoms with Gasteiger partial charge >= 0.3 is 0 Å². The summed E-state index contributed by atoms with van der Waals surface area (Å²) >= 11 is 18.1. The van der Waals surface area contributed by atoms with Crippen molar-refractivity contribution in [3.05, 3.63) is 28.2 Å². The summed E-state index contributed by atoms with van der Waals surface area (Å²) in [4.78, 5) is 8.83. The number of rotatable bonds is 3. The molecule has 1 heterocycles. The monoisotopic (exact) mass is 319 g/mol. The fraction of sp³-hybridized carbons (Fsp3) is 0.462. The summed E-state index contributed by atoms with van der Waals surface area (Å²) in [6, 6.07) is 5.77. The molecule has 1 aromatic carbocycles. The summed E-state index contributed by atoms with van der Waals surface area (Å²) in [5.74, 6) is 1.51. The van der Waals surface area contributed by atoms with Gasteiger partial charge in [0.25, 0.3) is 0 Å². The molecule has 0 bridgehead atoms. The minimum Gasteiger partial charge on any atom is -0.344 e.